The number of sulfonamides is 1. The molecule has 0 aliphatic rings. The van der Waals surface area contributed by atoms with Crippen molar-refractivity contribution in [2.45, 2.75) is 26.8 Å². The topological polar surface area (TPSA) is 75.7 Å². The summed E-state index contributed by atoms with van der Waals surface area (Å²) in [6, 6.07) is 14.0. The van der Waals surface area contributed by atoms with Gasteiger partial charge in [0.1, 0.15) is 12.4 Å². The van der Waals surface area contributed by atoms with E-state index in [1.54, 1.807) is 31.2 Å². The molecule has 0 aliphatic heterocycles. The van der Waals surface area contributed by atoms with Gasteiger partial charge >= 0.3 is 0 Å². The molecular formula is C20H26N2O4S. The van der Waals surface area contributed by atoms with Crippen LogP contribution in [0.5, 0.6) is 5.75 Å². The molecule has 1 amide bonds. The van der Waals surface area contributed by atoms with Gasteiger partial charge in [0.25, 0.3) is 5.91 Å². The van der Waals surface area contributed by atoms with E-state index in [-0.39, 0.29) is 11.9 Å². The highest BCUT2D eigenvalue weighted by Crippen LogP contribution is 2.18. The molecule has 0 saturated carbocycles. The van der Waals surface area contributed by atoms with Crippen LogP contribution in [0, 0.1) is 6.92 Å². The van der Waals surface area contributed by atoms with Crippen molar-refractivity contribution in [1.82, 2.24) is 5.32 Å². The number of carbonyl (C=O) groups excluding carboxylic acids is 1. The van der Waals surface area contributed by atoms with Crippen LogP contribution < -0.4 is 14.4 Å². The van der Waals surface area contributed by atoms with Gasteiger partial charge in [-0.25, -0.2) is 8.42 Å². The summed E-state index contributed by atoms with van der Waals surface area (Å²) in [5, 5.41) is 2.88. The third-order valence-corrected chi connectivity index (χ3v) is 5.33. The van der Waals surface area contributed by atoms with Crippen molar-refractivity contribution in [3.05, 3.63) is 59.7 Å². The first kappa shape index (κ1) is 20.8. The Hall–Kier alpha value is -2.54. The maximum absolute atomic E-state index is 12.4. The second kappa shape index (κ2) is 8.90. The van der Waals surface area contributed by atoms with Crippen LogP contribution in [-0.4, -0.2) is 39.8 Å². The Labute approximate surface area is 161 Å². The minimum absolute atomic E-state index is 0.181. The van der Waals surface area contributed by atoms with Crippen LogP contribution in [0.1, 0.15) is 29.8 Å². The standard InChI is InChI=1S/C20H26N2O4S/c1-5-22(27(4,24)25)18-12-10-17(11-13-18)20(23)21-16(3)14-26-19-9-7-6-8-15(19)2/h6-13,16H,5,14H2,1-4H3,(H,21,23). The lowest BCUT2D eigenvalue weighted by molar-refractivity contribution is 0.0926. The van der Waals surface area contributed by atoms with Gasteiger partial charge in [-0.2, -0.15) is 0 Å². The van der Waals surface area contributed by atoms with E-state index in [1.807, 2.05) is 38.1 Å². The smallest absolute Gasteiger partial charge is 0.251 e. The van der Waals surface area contributed by atoms with Crippen LogP contribution in [-0.2, 0) is 10.0 Å². The zero-order valence-electron chi connectivity index (χ0n) is 16.1. The molecule has 0 saturated heterocycles. The summed E-state index contributed by atoms with van der Waals surface area (Å²) < 4.78 is 30.6. The number of hydrogen-bond donors (Lipinski definition) is 1. The minimum Gasteiger partial charge on any atom is -0.491 e. The molecule has 2 rings (SSSR count). The molecule has 0 heterocycles. The summed E-state index contributed by atoms with van der Waals surface area (Å²) in [6.45, 7) is 6.28. The van der Waals surface area contributed by atoms with Gasteiger partial charge in [0, 0.05) is 12.1 Å². The minimum atomic E-state index is -3.34. The lowest BCUT2D eigenvalue weighted by Gasteiger charge is -2.20. The van der Waals surface area contributed by atoms with E-state index in [9.17, 15) is 13.2 Å². The highest BCUT2D eigenvalue weighted by molar-refractivity contribution is 7.92. The van der Waals surface area contributed by atoms with Gasteiger partial charge in [-0.1, -0.05) is 18.2 Å². The van der Waals surface area contributed by atoms with E-state index in [4.69, 9.17) is 4.74 Å². The number of ether oxygens (including phenoxy) is 1. The lowest BCUT2D eigenvalue weighted by atomic mass is 10.2. The summed E-state index contributed by atoms with van der Waals surface area (Å²) >= 11 is 0. The van der Waals surface area contributed by atoms with Crippen molar-refractivity contribution in [3.63, 3.8) is 0 Å². The number of para-hydroxylation sites is 1. The Morgan fingerprint density at radius 3 is 2.33 bits per heavy atom. The zero-order chi connectivity index (χ0) is 20.0. The Balaban J connectivity index is 1.96. The molecule has 0 bridgehead atoms. The molecule has 2 aromatic rings. The molecule has 1 unspecified atom stereocenters. The van der Waals surface area contributed by atoms with Crippen molar-refractivity contribution in [2.24, 2.45) is 0 Å². The fourth-order valence-corrected chi connectivity index (χ4v) is 3.64. The SMILES string of the molecule is CCN(c1ccc(C(=O)NC(C)COc2ccccc2C)cc1)S(C)(=O)=O. The summed E-state index contributed by atoms with van der Waals surface area (Å²) in [7, 11) is -3.34. The van der Waals surface area contributed by atoms with Crippen molar-refractivity contribution >= 4 is 21.6 Å². The van der Waals surface area contributed by atoms with E-state index in [0.29, 0.717) is 24.4 Å². The van der Waals surface area contributed by atoms with Crippen molar-refractivity contribution in [1.29, 1.82) is 0 Å². The van der Waals surface area contributed by atoms with Gasteiger partial charge in [0.05, 0.1) is 18.0 Å². The molecule has 2 aromatic carbocycles. The molecular weight excluding hydrogens is 364 g/mol. The second-order valence-corrected chi connectivity index (χ2v) is 8.33. The molecule has 0 aromatic heterocycles. The van der Waals surface area contributed by atoms with E-state index in [0.717, 1.165) is 17.6 Å². The predicted molar refractivity (Wildman–Crippen MR) is 108 cm³/mol. The summed E-state index contributed by atoms with van der Waals surface area (Å²) in [5.74, 6) is 0.563. The highest BCUT2D eigenvalue weighted by atomic mass is 32.2. The van der Waals surface area contributed by atoms with Gasteiger partial charge in [-0.15, -0.1) is 0 Å². The Morgan fingerprint density at radius 1 is 1.15 bits per heavy atom. The monoisotopic (exact) mass is 390 g/mol. The lowest BCUT2D eigenvalue weighted by Crippen LogP contribution is -2.36. The average Bonchev–Trinajstić information content (AvgIpc) is 2.61. The van der Waals surface area contributed by atoms with E-state index in [1.165, 1.54) is 4.31 Å². The fourth-order valence-electron chi connectivity index (χ4n) is 2.67. The number of nitrogens with one attached hydrogen (secondary N) is 1. The Morgan fingerprint density at radius 2 is 1.78 bits per heavy atom. The molecule has 0 radical (unpaired) electrons. The highest BCUT2D eigenvalue weighted by Gasteiger charge is 2.16. The van der Waals surface area contributed by atoms with Gasteiger partial charge in [-0.05, 0) is 56.7 Å². The molecule has 1 N–H and O–H groups in total. The van der Waals surface area contributed by atoms with E-state index >= 15 is 0 Å². The van der Waals surface area contributed by atoms with Crippen LogP contribution in [0.2, 0.25) is 0 Å². The van der Waals surface area contributed by atoms with E-state index < -0.39 is 10.0 Å². The normalized spacial score (nSPS) is 12.3. The summed E-state index contributed by atoms with van der Waals surface area (Å²) in [4.78, 5) is 12.4. The van der Waals surface area contributed by atoms with Crippen LogP contribution in [0.15, 0.2) is 48.5 Å². The zero-order valence-corrected chi connectivity index (χ0v) is 16.9. The molecule has 6 nitrogen and oxygen atoms in total. The first-order chi connectivity index (χ1) is 12.7. The third kappa shape index (κ3) is 5.72. The van der Waals surface area contributed by atoms with Gasteiger partial charge in [-0.3, -0.25) is 9.10 Å². The number of benzene rings is 2. The quantitative estimate of drug-likeness (QED) is 0.752. The van der Waals surface area contributed by atoms with Gasteiger partial charge in [0.2, 0.25) is 10.0 Å². The summed E-state index contributed by atoms with van der Waals surface area (Å²) in [5.41, 5.74) is 2.04. The predicted octanol–water partition coefficient (Wildman–Crippen LogP) is 2.98. The fraction of sp³-hybridized carbons (Fsp3) is 0.350. The molecule has 146 valence electrons. The molecule has 27 heavy (non-hydrogen) atoms. The number of rotatable bonds is 8. The Kier molecular flexibility index (Phi) is 6.85. The number of carbonyl (C=O) groups is 1. The van der Waals surface area contributed by atoms with Crippen LogP contribution in [0.4, 0.5) is 5.69 Å². The molecule has 7 heteroatoms. The van der Waals surface area contributed by atoms with Crippen molar-refractivity contribution in [2.75, 3.05) is 23.7 Å². The van der Waals surface area contributed by atoms with Crippen LogP contribution in [0.3, 0.4) is 0 Å². The number of hydrogen-bond acceptors (Lipinski definition) is 4. The third-order valence-electron chi connectivity index (χ3n) is 4.06. The number of aryl methyl sites for hydroxylation is 1. The number of anilines is 1. The van der Waals surface area contributed by atoms with Crippen molar-refractivity contribution < 1.29 is 17.9 Å². The first-order valence-electron chi connectivity index (χ1n) is 8.79. The Bertz CT molecular complexity index is 879. The number of amides is 1. The number of nitrogens with zero attached hydrogens (tertiary/aromatic N) is 1. The average molecular weight is 391 g/mol. The molecule has 0 fully saturated rings. The molecule has 0 spiro atoms. The van der Waals surface area contributed by atoms with E-state index in [2.05, 4.69) is 5.32 Å². The molecule has 0 aliphatic carbocycles. The maximum Gasteiger partial charge on any atom is 0.251 e. The van der Waals surface area contributed by atoms with Crippen LogP contribution in [0.25, 0.3) is 0 Å². The first-order valence-corrected chi connectivity index (χ1v) is 10.6. The maximum atomic E-state index is 12.4. The second-order valence-electron chi connectivity index (χ2n) is 6.43. The molecule has 1 atom stereocenters. The van der Waals surface area contributed by atoms with Gasteiger partial charge < -0.3 is 10.1 Å². The van der Waals surface area contributed by atoms with Gasteiger partial charge in [0.15, 0.2) is 0 Å². The summed E-state index contributed by atoms with van der Waals surface area (Å²) in [6.07, 6.45) is 1.16. The largest absolute Gasteiger partial charge is 0.491 e. The van der Waals surface area contributed by atoms with Crippen LogP contribution >= 0.6 is 0 Å². The van der Waals surface area contributed by atoms with Crippen molar-refractivity contribution in [3.8, 4) is 5.75 Å².